The summed E-state index contributed by atoms with van der Waals surface area (Å²) in [5.74, 6) is 0. The average molecular weight is 256 g/mol. The Bertz CT molecular complexity index is 994. The first-order chi connectivity index (χ1) is 9.66. The Kier molecular flexibility index (Phi) is 1.54. The summed E-state index contributed by atoms with van der Waals surface area (Å²) in [4.78, 5) is 8.57. The molecule has 0 aliphatic heterocycles. The second kappa shape index (κ2) is 3.43. The molecule has 0 saturated carbocycles. The maximum Gasteiger partial charge on any atom is 0.163 e. The van der Waals surface area contributed by atoms with Crippen molar-refractivity contribution in [2.24, 2.45) is 0 Å². The minimum Gasteiger partial charge on any atom is -0.300 e. The SMILES string of the molecule is [2H]c1c2cc(Cl)ccc2n2c([2H])c3cccnc3nc12. The number of rotatable bonds is 0. The first kappa shape index (κ1) is 8.06. The van der Waals surface area contributed by atoms with Crippen LogP contribution in [0.3, 0.4) is 0 Å². The molecule has 0 saturated heterocycles. The predicted molar refractivity (Wildman–Crippen MR) is 73.0 cm³/mol. The zero-order valence-electron chi connectivity index (χ0n) is 11.2. The third kappa shape index (κ3) is 1.31. The number of fused-ring (bicyclic) bond motifs is 4. The molecule has 3 nitrogen and oxygen atoms in total. The first-order valence-electron chi connectivity index (χ1n) is 6.48. The van der Waals surface area contributed by atoms with Crippen LogP contribution in [0.25, 0.3) is 27.6 Å². The van der Waals surface area contributed by atoms with Crippen molar-refractivity contribution in [3.8, 4) is 0 Å². The molecule has 0 radical (unpaired) electrons. The standard InChI is InChI=1S/C14H8ClN3/c15-11-3-4-12-10(6-11)7-13-17-14-9(8-18(12)13)2-1-5-16-14/h1-8H/i7D,8D. The lowest BCUT2D eigenvalue weighted by Gasteiger charge is -1.99. The number of pyridine rings is 1. The molecule has 0 N–H and O–H groups in total. The van der Waals surface area contributed by atoms with Crippen LogP contribution in [0.5, 0.6) is 0 Å². The van der Waals surface area contributed by atoms with Crippen LogP contribution in [0.15, 0.2) is 48.7 Å². The van der Waals surface area contributed by atoms with E-state index in [0.717, 1.165) is 5.52 Å². The number of halogens is 1. The van der Waals surface area contributed by atoms with Gasteiger partial charge in [-0.1, -0.05) is 11.6 Å². The van der Waals surface area contributed by atoms with E-state index in [0.29, 0.717) is 27.1 Å². The summed E-state index contributed by atoms with van der Waals surface area (Å²) in [5, 5.41) is 1.91. The van der Waals surface area contributed by atoms with Gasteiger partial charge in [-0.3, -0.25) is 0 Å². The summed E-state index contributed by atoms with van der Waals surface area (Å²) < 4.78 is 18.2. The van der Waals surface area contributed by atoms with Crippen molar-refractivity contribution >= 4 is 39.2 Å². The highest BCUT2D eigenvalue weighted by Gasteiger charge is 2.06. The Balaban J connectivity index is 2.35. The molecule has 4 heteroatoms. The van der Waals surface area contributed by atoms with Gasteiger partial charge in [-0.05, 0) is 36.4 Å². The number of nitrogens with zero attached hydrogens (tertiary/aromatic N) is 3. The Morgan fingerprint density at radius 3 is 3.11 bits per heavy atom. The van der Waals surface area contributed by atoms with Gasteiger partial charge >= 0.3 is 0 Å². The van der Waals surface area contributed by atoms with Crippen molar-refractivity contribution in [2.75, 3.05) is 0 Å². The quantitative estimate of drug-likeness (QED) is 0.480. The van der Waals surface area contributed by atoms with Crippen molar-refractivity contribution < 1.29 is 2.74 Å². The Morgan fingerprint density at radius 1 is 1.22 bits per heavy atom. The third-order valence-electron chi connectivity index (χ3n) is 2.89. The molecule has 1 aromatic carbocycles. The van der Waals surface area contributed by atoms with E-state index >= 15 is 0 Å². The van der Waals surface area contributed by atoms with E-state index in [2.05, 4.69) is 9.97 Å². The predicted octanol–water partition coefficient (Wildman–Crippen LogP) is 3.69. The van der Waals surface area contributed by atoms with Crippen LogP contribution >= 0.6 is 11.6 Å². The molecule has 4 aromatic rings. The Labute approximate surface area is 110 Å². The van der Waals surface area contributed by atoms with Crippen LogP contribution < -0.4 is 0 Å². The van der Waals surface area contributed by atoms with Gasteiger partial charge in [-0.15, -0.1) is 0 Å². The fourth-order valence-corrected chi connectivity index (χ4v) is 2.25. The van der Waals surface area contributed by atoms with Crippen molar-refractivity contribution in [1.82, 2.24) is 14.4 Å². The minimum atomic E-state index is 0.267. The maximum absolute atomic E-state index is 8.35. The topological polar surface area (TPSA) is 30.2 Å². The van der Waals surface area contributed by atoms with Crippen LogP contribution in [0.1, 0.15) is 2.74 Å². The molecule has 86 valence electrons. The number of hydrogen-bond donors (Lipinski definition) is 0. The molecule has 0 unspecified atom stereocenters. The molecule has 0 spiro atoms. The summed E-state index contributed by atoms with van der Waals surface area (Å²) in [5.41, 5.74) is 1.67. The normalized spacial score (nSPS) is 13.2. The molecule has 0 aliphatic rings. The average Bonchev–Trinajstić information content (AvgIpc) is 2.73. The second-order valence-corrected chi connectivity index (χ2v) is 4.48. The zero-order valence-corrected chi connectivity index (χ0v) is 9.94. The monoisotopic (exact) mass is 255 g/mol. The fourth-order valence-electron chi connectivity index (χ4n) is 2.08. The van der Waals surface area contributed by atoms with Gasteiger partial charge in [0.05, 0.1) is 8.26 Å². The summed E-state index contributed by atoms with van der Waals surface area (Å²) in [6, 6.07) is 9.14. The van der Waals surface area contributed by atoms with Gasteiger partial charge in [-0.25, -0.2) is 9.97 Å². The van der Waals surface area contributed by atoms with E-state index in [4.69, 9.17) is 14.3 Å². The van der Waals surface area contributed by atoms with Crippen molar-refractivity contribution in [1.29, 1.82) is 0 Å². The van der Waals surface area contributed by atoms with E-state index in [1.54, 1.807) is 28.8 Å². The van der Waals surface area contributed by atoms with Gasteiger partial charge in [0.1, 0.15) is 5.65 Å². The van der Waals surface area contributed by atoms with Gasteiger partial charge in [0, 0.05) is 28.2 Å². The van der Waals surface area contributed by atoms with Crippen LogP contribution in [0.2, 0.25) is 5.02 Å². The smallest absolute Gasteiger partial charge is 0.163 e. The van der Waals surface area contributed by atoms with Crippen LogP contribution in [-0.2, 0) is 0 Å². The minimum absolute atomic E-state index is 0.267. The number of hydrogen-bond acceptors (Lipinski definition) is 2. The van der Waals surface area contributed by atoms with Gasteiger partial charge in [0.25, 0.3) is 0 Å². The van der Waals surface area contributed by atoms with E-state index in [9.17, 15) is 0 Å². The molecule has 3 aromatic heterocycles. The third-order valence-corrected chi connectivity index (χ3v) is 3.12. The summed E-state index contributed by atoms with van der Waals surface area (Å²) in [7, 11) is 0. The summed E-state index contributed by atoms with van der Waals surface area (Å²) in [6.07, 6.45) is 1.91. The van der Waals surface area contributed by atoms with E-state index < -0.39 is 0 Å². The molecule has 0 atom stereocenters. The molecule has 0 aliphatic carbocycles. The first-order valence-corrected chi connectivity index (χ1v) is 5.86. The zero-order chi connectivity index (χ0) is 13.9. The molecule has 0 amide bonds. The second-order valence-electron chi connectivity index (χ2n) is 4.04. The molecule has 4 rings (SSSR count). The van der Waals surface area contributed by atoms with Crippen molar-refractivity contribution in [3.05, 3.63) is 53.8 Å². The Hall–Kier alpha value is -2.13. The number of aromatic nitrogens is 3. The molecule has 3 heterocycles. The summed E-state index contributed by atoms with van der Waals surface area (Å²) >= 11 is 5.99. The van der Waals surface area contributed by atoms with E-state index in [-0.39, 0.29) is 12.2 Å². The molecular weight excluding hydrogens is 246 g/mol. The van der Waals surface area contributed by atoms with Gasteiger partial charge in [-0.2, -0.15) is 0 Å². The van der Waals surface area contributed by atoms with Crippen LogP contribution in [0, 0.1) is 0 Å². The highest BCUT2D eigenvalue weighted by molar-refractivity contribution is 6.31. The molecule has 18 heavy (non-hydrogen) atoms. The van der Waals surface area contributed by atoms with E-state index in [1.165, 1.54) is 0 Å². The van der Waals surface area contributed by atoms with Crippen molar-refractivity contribution in [2.45, 2.75) is 0 Å². The molecular formula is C14H8ClN3. The van der Waals surface area contributed by atoms with Gasteiger partial charge in [0.15, 0.2) is 5.65 Å². The molecule has 0 fully saturated rings. The number of benzene rings is 1. The maximum atomic E-state index is 8.35. The largest absolute Gasteiger partial charge is 0.300 e. The highest BCUT2D eigenvalue weighted by Crippen LogP contribution is 2.24. The highest BCUT2D eigenvalue weighted by atomic mass is 35.5. The fraction of sp³-hybridized carbons (Fsp3) is 0. The Morgan fingerprint density at radius 2 is 2.17 bits per heavy atom. The van der Waals surface area contributed by atoms with Crippen molar-refractivity contribution in [3.63, 3.8) is 0 Å². The van der Waals surface area contributed by atoms with E-state index in [1.807, 2.05) is 12.1 Å². The lowest BCUT2D eigenvalue weighted by atomic mass is 10.2. The van der Waals surface area contributed by atoms with Crippen LogP contribution in [-0.4, -0.2) is 14.4 Å². The molecule has 0 bridgehead atoms. The lowest BCUT2D eigenvalue weighted by Crippen LogP contribution is -1.90. The van der Waals surface area contributed by atoms with Gasteiger partial charge < -0.3 is 4.40 Å². The summed E-state index contributed by atoms with van der Waals surface area (Å²) in [6.45, 7) is 0. The van der Waals surface area contributed by atoms with Gasteiger partial charge in [0.2, 0.25) is 0 Å². The van der Waals surface area contributed by atoms with Crippen LogP contribution in [0.4, 0.5) is 0 Å². The lowest BCUT2D eigenvalue weighted by molar-refractivity contribution is 1.18.